The number of rotatable bonds is 8. The average Bonchev–Trinajstić information content (AvgIpc) is 3.37. The zero-order valence-electron chi connectivity index (χ0n) is 13.7. The van der Waals surface area contributed by atoms with Crippen LogP contribution in [0.4, 0.5) is 0 Å². The van der Waals surface area contributed by atoms with E-state index in [2.05, 4.69) is 10.0 Å². The lowest BCUT2D eigenvalue weighted by molar-refractivity contribution is -0.129. The van der Waals surface area contributed by atoms with Gasteiger partial charge >= 0.3 is 5.97 Å². The first-order chi connectivity index (χ1) is 11.3. The monoisotopic (exact) mass is 354 g/mol. The molecule has 8 heteroatoms. The van der Waals surface area contributed by atoms with Gasteiger partial charge in [0.1, 0.15) is 0 Å². The van der Waals surface area contributed by atoms with Crippen molar-refractivity contribution in [3.8, 4) is 0 Å². The van der Waals surface area contributed by atoms with E-state index in [1.165, 1.54) is 31.2 Å². The summed E-state index contributed by atoms with van der Waals surface area (Å²) in [5.74, 6) is -1.08. The summed E-state index contributed by atoms with van der Waals surface area (Å²) in [7, 11) is -3.67. The molecule has 1 saturated carbocycles. The highest BCUT2D eigenvalue weighted by molar-refractivity contribution is 7.89. The van der Waals surface area contributed by atoms with Crippen molar-refractivity contribution in [2.45, 2.75) is 50.2 Å². The molecule has 0 unspecified atom stereocenters. The second-order valence-corrected chi connectivity index (χ2v) is 7.52. The predicted octanol–water partition coefficient (Wildman–Crippen LogP) is 1.20. The summed E-state index contributed by atoms with van der Waals surface area (Å²) in [6.45, 7) is 3.65. The third-order valence-electron chi connectivity index (χ3n) is 3.50. The van der Waals surface area contributed by atoms with E-state index in [4.69, 9.17) is 4.74 Å². The van der Waals surface area contributed by atoms with Gasteiger partial charge in [0, 0.05) is 12.6 Å². The molecule has 1 amide bonds. The van der Waals surface area contributed by atoms with Crippen LogP contribution in [0, 0.1) is 0 Å². The standard InChI is InChI=1S/C16H22N2O5S/c1-3-9-17-24(21,22)14-6-4-5-12(10-14)16(20)23-11(2)15(19)18-13-7-8-13/h4-6,10-11,13,17H,3,7-9H2,1-2H3,(H,18,19)/t11-/m1/s1. The molecular formula is C16H22N2O5S. The van der Waals surface area contributed by atoms with Crippen molar-refractivity contribution >= 4 is 21.9 Å². The molecule has 0 spiro atoms. The van der Waals surface area contributed by atoms with Crippen LogP contribution in [0.3, 0.4) is 0 Å². The van der Waals surface area contributed by atoms with Crippen LogP contribution in [0.2, 0.25) is 0 Å². The number of nitrogens with one attached hydrogen (secondary N) is 2. The molecule has 0 saturated heterocycles. The maximum atomic E-state index is 12.1. The maximum absolute atomic E-state index is 12.1. The van der Waals surface area contributed by atoms with Gasteiger partial charge in [-0.25, -0.2) is 17.9 Å². The fraction of sp³-hybridized carbons (Fsp3) is 0.500. The average molecular weight is 354 g/mol. The van der Waals surface area contributed by atoms with Crippen molar-refractivity contribution in [1.82, 2.24) is 10.0 Å². The van der Waals surface area contributed by atoms with E-state index in [-0.39, 0.29) is 22.4 Å². The lowest BCUT2D eigenvalue weighted by atomic mass is 10.2. The van der Waals surface area contributed by atoms with Crippen LogP contribution in [0.5, 0.6) is 0 Å². The lowest BCUT2D eigenvalue weighted by Gasteiger charge is -2.13. The van der Waals surface area contributed by atoms with E-state index in [0.717, 1.165) is 12.8 Å². The summed E-state index contributed by atoms with van der Waals surface area (Å²) in [6.07, 6.45) is 1.61. The first-order valence-corrected chi connectivity index (χ1v) is 9.43. The third-order valence-corrected chi connectivity index (χ3v) is 4.96. The minimum Gasteiger partial charge on any atom is -0.449 e. The van der Waals surface area contributed by atoms with Crippen molar-refractivity contribution in [2.24, 2.45) is 0 Å². The Morgan fingerprint density at radius 1 is 1.33 bits per heavy atom. The second kappa shape index (κ2) is 7.76. The molecule has 0 bridgehead atoms. The van der Waals surface area contributed by atoms with Crippen LogP contribution >= 0.6 is 0 Å². The largest absolute Gasteiger partial charge is 0.449 e. The second-order valence-electron chi connectivity index (χ2n) is 5.76. The first-order valence-electron chi connectivity index (χ1n) is 7.94. The lowest BCUT2D eigenvalue weighted by Crippen LogP contribution is -2.37. The van der Waals surface area contributed by atoms with E-state index < -0.39 is 22.1 Å². The van der Waals surface area contributed by atoms with Gasteiger partial charge < -0.3 is 10.1 Å². The molecule has 0 aliphatic heterocycles. The van der Waals surface area contributed by atoms with Crippen LogP contribution in [-0.4, -0.2) is 39.0 Å². The zero-order chi connectivity index (χ0) is 17.7. The van der Waals surface area contributed by atoms with E-state index in [1.807, 2.05) is 6.92 Å². The first kappa shape index (κ1) is 18.4. The predicted molar refractivity (Wildman–Crippen MR) is 88.0 cm³/mol. The summed E-state index contributed by atoms with van der Waals surface area (Å²) >= 11 is 0. The van der Waals surface area contributed by atoms with Crippen molar-refractivity contribution < 1.29 is 22.7 Å². The molecule has 0 radical (unpaired) electrons. The Kier molecular flexibility index (Phi) is 5.95. The normalized spacial score (nSPS) is 15.6. The Balaban J connectivity index is 2.04. The Labute approximate surface area is 141 Å². The number of ether oxygens (including phenoxy) is 1. The molecule has 1 atom stereocenters. The van der Waals surface area contributed by atoms with Gasteiger partial charge in [0.25, 0.3) is 5.91 Å². The summed E-state index contributed by atoms with van der Waals surface area (Å²) in [4.78, 5) is 23.9. The molecule has 7 nitrogen and oxygen atoms in total. The van der Waals surface area contributed by atoms with Gasteiger partial charge in [0.2, 0.25) is 10.0 Å². The minimum absolute atomic E-state index is 0.0134. The van der Waals surface area contributed by atoms with Crippen molar-refractivity contribution in [1.29, 1.82) is 0 Å². The highest BCUT2D eigenvalue weighted by Crippen LogP contribution is 2.19. The van der Waals surface area contributed by atoms with Crippen molar-refractivity contribution in [3.63, 3.8) is 0 Å². The van der Waals surface area contributed by atoms with Gasteiger partial charge in [-0.3, -0.25) is 4.79 Å². The number of carbonyl (C=O) groups excluding carboxylic acids is 2. The Morgan fingerprint density at radius 3 is 2.67 bits per heavy atom. The number of amides is 1. The van der Waals surface area contributed by atoms with Crippen LogP contribution in [0.25, 0.3) is 0 Å². The van der Waals surface area contributed by atoms with Gasteiger partial charge in [0.15, 0.2) is 6.10 Å². The minimum atomic E-state index is -3.67. The summed E-state index contributed by atoms with van der Waals surface area (Å²) in [5.41, 5.74) is 0.0837. The number of hydrogen-bond donors (Lipinski definition) is 2. The molecule has 1 aromatic carbocycles. The van der Waals surface area contributed by atoms with Crippen LogP contribution in [0.15, 0.2) is 29.2 Å². The molecule has 1 aliphatic rings. The molecule has 24 heavy (non-hydrogen) atoms. The quantitative estimate of drug-likeness (QED) is 0.683. The Hall–Kier alpha value is -1.93. The molecule has 0 aromatic heterocycles. The molecule has 1 aliphatic carbocycles. The van der Waals surface area contributed by atoms with Crippen molar-refractivity contribution in [3.05, 3.63) is 29.8 Å². The van der Waals surface area contributed by atoms with E-state index in [0.29, 0.717) is 13.0 Å². The fourth-order valence-electron chi connectivity index (χ4n) is 1.94. The fourth-order valence-corrected chi connectivity index (χ4v) is 3.12. The van der Waals surface area contributed by atoms with Gasteiger partial charge in [0.05, 0.1) is 10.5 Å². The van der Waals surface area contributed by atoms with Crippen LogP contribution in [-0.2, 0) is 19.6 Å². The number of benzene rings is 1. The van der Waals surface area contributed by atoms with E-state index in [9.17, 15) is 18.0 Å². The number of sulfonamides is 1. The topological polar surface area (TPSA) is 102 Å². The summed E-state index contributed by atoms with van der Waals surface area (Å²) < 4.78 is 31.7. The Bertz CT molecular complexity index is 713. The van der Waals surface area contributed by atoms with Gasteiger partial charge in [-0.05, 0) is 44.4 Å². The number of esters is 1. The SMILES string of the molecule is CCCNS(=O)(=O)c1cccc(C(=O)O[C@H](C)C(=O)NC2CC2)c1. The highest BCUT2D eigenvalue weighted by atomic mass is 32.2. The van der Waals surface area contributed by atoms with Crippen LogP contribution < -0.4 is 10.0 Å². The van der Waals surface area contributed by atoms with Crippen molar-refractivity contribution in [2.75, 3.05) is 6.54 Å². The molecule has 1 aromatic rings. The maximum Gasteiger partial charge on any atom is 0.338 e. The molecule has 2 rings (SSSR count). The molecular weight excluding hydrogens is 332 g/mol. The van der Waals surface area contributed by atoms with Crippen LogP contribution in [0.1, 0.15) is 43.5 Å². The summed E-state index contributed by atoms with van der Waals surface area (Å²) in [6, 6.07) is 5.74. The third kappa shape index (κ3) is 5.04. The van der Waals surface area contributed by atoms with Gasteiger partial charge in [-0.1, -0.05) is 13.0 Å². The van der Waals surface area contributed by atoms with E-state index in [1.54, 1.807) is 0 Å². The van der Waals surface area contributed by atoms with Gasteiger partial charge in [-0.2, -0.15) is 0 Å². The molecule has 132 valence electrons. The van der Waals surface area contributed by atoms with E-state index >= 15 is 0 Å². The number of hydrogen-bond acceptors (Lipinski definition) is 5. The molecule has 2 N–H and O–H groups in total. The highest BCUT2D eigenvalue weighted by Gasteiger charge is 2.27. The molecule has 0 heterocycles. The molecule has 1 fully saturated rings. The smallest absolute Gasteiger partial charge is 0.338 e. The summed E-state index contributed by atoms with van der Waals surface area (Å²) in [5, 5.41) is 2.75. The number of carbonyl (C=O) groups is 2. The Morgan fingerprint density at radius 2 is 2.04 bits per heavy atom. The zero-order valence-corrected chi connectivity index (χ0v) is 14.6. The van der Waals surface area contributed by atoms with Gasteiger partial charge in [-0.15, -0.1) is 0 Å².